The van der Waals surface area contributed by atoms with Gasteiger partial charge in [-0.15, -0.1) is 0 Å². The second kappa shape index (κ2) is 5.87. The zero-order valence-corrected chi connectivity index (χ0v) is 10.7. The lowest BCUT2D eigenvalue weighted by atomic mass is 9.96. The molecule has 0 aromatic heterocycles. The van der Waals surface area contributed by atoms with E-state index < -0.39 is 0 Å². The Morgan fingerprint density at radius 2 is 2.39 bits per heavy atom. The molecule has 3 N–H and O–H groups in total. The lowest BCUT2D eigenvalue weighted by Crippen LogP contribution is -2.32. The Balaban J connectivity index is 1.88. The molecule has 1 atom stereocenters. The Morgan fingerprint density at radius 1 is 1.56 bits per heavy atom. The first-order chi connectivity index (χ1) is 8.65. The van der Waals surface area contributed by atoms with Gasteiger partial charge in [-0.2, -0.15) is 0 Å². The minimum Gasteiger partial charge on any atom is -0.508 e. The summed E-state index contributed by atoms with van der Waals surface area (Å²) in [6.45, 7) is 3.81. The topological polar surface area (TPSA) is 61.4 Å². The lowest BCUT2D eigenvalue weighted by Gasteiger charge is -2.22. The SMILES string of the molecule is Cc1ccc(NC(=O)CC2CCCNC2)cc1O. The highest BCUT2D eigenvalue weighted by Crippen LogP contribution is 2.21. The van der Waals surface area contributed by atoms with E-state index in [-0.39, 0.29) is 11.7 Å². The fraction of sp³-hybridized carbons (Fsp3) is 0.500. The van der Waals surface area contributed by atoms with E-state index in [0.29, 0.717) is 18.0 Å². The minimum absolute atomic E-state index is 0.0203. The first-order valence-corrected chi connectivity index (χ1v) is 6.45. The average molecular weight is 248 g/mol. The van der Waals surface area contributed by atoms with Gasteiger partial charge in [0.15, 0.2) is 0 Å². The van der Waals surface area contributed by atoms with Crippen molar-refractivity contribution in [1.82, 2.24) is 5.32 Å². The van der Waals surface area contributed by atoms with Crippen LogP contribution in [0.3, 0.4) is 0 Å². The number of aromatic hydroxyl groups is 1. The molecule has 1 aliphatic heterocycles. The van der Waals surface area contributed by atoms with Crippen LogP contribution in [-0.2, 0) is 4.79 Å². The Hall–Kier alpha value is -1.55. The van der Waals surface area contributed by atoms with Gasteiger partial charge in [-0.25, -0.2) is 0 Å². The molecule has 1 unspecified atom stereocenters. The largest absolute Gasteiger partial charge is 0.508 e. The lowest BCUT2D eigenvalue weighted by molar-refractivity contribution is -0.117. The number of phenolic OH excluding ortho intramolecular Hbond substituents is 1. The maximum absolute atomic E-state index is 11.9. The summed E-state index contributed by atoms with van der Waals surface area (Å²) in [5, 5.41) is 15.7. The molecular weight excluding hydrogens is 228 g/mol. The molecule has 1 saturated heterocycles. The number of carbonyl (C=O) groups excluding carboxylic acids is 1. The van der Waals surface area contributed by atoms with Gasteiger partial charge in [0.05, 0.1) is 0 Å². The van der Waals surface area contributed by atoms with E-state index >= 15 is 0 Å². The second-order valence-corrected chi connectivity index (χ2v) is 4.97. The molecule has 1 aromatic carbocycles. The quantitative estimate of drug-likeness (QED) is 0.767. The summed E-state index contributed by atoms with van der Waals surface area (Å²) in [7, 11) is 0. The molecule has 18 heavy (non-hydrogen) atoms. The highest BCUT2D eigenvalue weighted by atomic mass is 16.3. The summed E-state index contributed by atoms with van der Waals surface area (Å²) in [6, 6.07) is 5.20. The number of phenols is 1. The molecule has 4 nitrogen and oxygen atoms in total. The van der Waals surface area contributed by atoms with E-state index in [2.05, 4.69) is 10.6 Å². The van der Waals surface area contributed by atoms with Crippen molar-refractivity contribution in [2.24, 2.45) is 5.92 Å². The number of anilines is 1. The van der Waals surface area contributed by atoms with Gasteiger partial charge < -0.3 is 15.7 Å². The summed E-state index contributed by atoms with van der Waals surface area (Å²) in [5.41, 5.74) is 1.47. The van der Waals surface area contributed by atoms with Gasteiger partial charge >= 0.3 is 0 Å². The van der Waals surface area contributed by atoms with Crippen LogP contribution in [0, 0.1) is 12.8 Å². The Labute approximate surface area is 107 Å². The number of hydrogen-bond donors (Lipinski definition) is 3. The van der Waals surface area contributed by atoms with Gasteiger partial charge in [-0.1, -0.05) is 6.07 Å². The van der Waals surface area contributed by atoms with E-state index in [9.17, 15) is 9.90 Å². The number of amides is 1. The van der Waals surface area contributed by atoms with Gasteiger partial charge in [0.25, 0.3) is 0 Å². The molecular formula is C14H20N2O2. The van der Waals surface area contributed by atoms with Crippen molar-refractivity contribution in [1.29, 1.82) is 0 Å². The van der Waals surface area contributed by atoms with Gasteiger partial charge in [0.1, 0.15) is 5.75 Å². The third kappa shape index (κ3) is 3.47. The first kappa shape index (κ1) is 12.9. The van der Waals surface area contributed by atoms with E-state index in [1.165, 1.54) is 0 Å². The molecule has 0 saturated carbocycles. The molecule has 0 aliphatic carbocycles. The highest BCUT2D eigenvalue weighted by molar-refractivity contribution is 5.91. The summed E-state index contributed by atoms with van der Waals surface area (Å²) in [4.78, 5) is 11.9. The van der Waals surface area contributed by atoms with Crippen molar-refractivity contribution < 1.29 is 9.90 Å². The molecule has 1 fully saturated rings. The van der Waals surface area contributed by atoms with Crippen molar-refractivity contribution in [2.45, 2.75) is 26.2 Å². The predicted molar refractivity (Wildman–Crippen MR) is 71.7 cm³/mol. The van der Waals surface area contributed by atoms with Crippen molar-refractivity contribution in [3.05, 3.63) is 23.8 Å². The Bertz CT molecular complexity index is 426. The van der Waals surface area contributed by atoms with Crippen LogP contribution in [0.2, 0.25) is 0 Å². The van der Waals surface area contributed by atoms with Crippen LogP contribution in [-0.4, -0.2) is 24.1 Å². The van der Waals surface area contributed by atoms with Gasteiger partial charge in [-0.05, 0) is 50.4 Å². The van der Waals surface area contributed by atoms with Crippen LogP contribution < -0.4 is 10.6 Å². The standard InChI is InChI=1S/C14H20N2O2/c1-10-4-5-12(8-13(10)17)16-14(18)7-11-3-2-6-15-9-11/h4-5,8,11,15,17H,2-3,6-7,9H2,1H3,(H,16,18). The summed E-state index contributed by atoms with van der Waals surface area (Å²) in [6.07, 6.45) is 2.80. The second-order valence-electron chi connectivity index (χ2n) is 4.97. The fourth-order valence-corrected chi connectivity index (χ4v) is 2.26. The third-order valence-corrected chi connectivity index (χ3v) is 3.37. The molecule has 0 spiro atoms. The minimum atomic E-state index is 0.0203. The number of benzene rings is 1. The molecule has 0 radical (unpaired) electrons. The summed E-state index contributed by atoms with van der Waals surface area (Å²) < 4.78 is 0. The molecule has 0 bridgehead atoms. The zero-order chi connectivity index (χ0) is 13.0. The van der Waals surface area contributed by atoms with Crippen molar-refractivity contribution in [3.8, 4) is 5.75 Å². The van der Waals surface area contributed by atoms with Crippen LogP contribution in [0.15, 0.2) is 18.2 Å². The van der Waals surface area contributed by atoms with E-state index in [1.54, 1.807) is 12.1 Å². The number of hydrogen-bond acceptors (Lipinski definition) is 3. The average Bonchev–Trinajstić information content (AvgIpc) is 2.35. The predicted octanol–water partition coefficient (Wildman–Crippen LogP) is 2.03. The number of aryl methyl sites for hydroxylation is 1. The highest BCUT2D eigenvalue weighted by Gasteiger charge is 2.16. The van der Waals surface area contributed by atoms with Crippen molar-refractivity contribution in [2.75, 3.05) is 18.4 Å². The summed E-state index contributed by atoms with van der Waals surface area (Å²) >= 11 is 0. The van der Waals surface area contributed by atoms with Crippen LogP contribution in [0.5, 0.6) is 5.75 Å². The summed E-state index contributed by atoms with van der Waals surface area (Å²) in [5.74, 6) is 0.664. The van der Waals surface area contributed by atoms with Gasteiger partial charge in [-0.3, -0.25) is 4.79 Å². The molecule has 2 rings (SSSR count). The molecule has 1 heterocycles. The number of nitrogens with one attached hydrogen (secondary N) is 2. The van der Waals surface area contributed by atoms with E-state index in [0.717, 1.165) is 31.5 Å². The number of carbonyl (C=O) groups is 1. The third-order valence-electron chi connectivity index (χ3n) is 3.37. The molecule has 1 aliphatic rings. The van der Waals surface area contributed by atoms with Gasteiger partial charge in [0, 0.05) is 18.2 Å². The Morgan fingerprint density at radius 3 is 3.06 bits per heavy atom. The fourth-order valence-electron chi connectivity index (χ4n) is 2.26. The van der Waals surface area contributed by atoms with Gasteiger partial charge in [0.2, 0.25) is 5.91 Å². The van der Waals surface area contributed by atoms with Crippen LogP contribution in [0.4, 0.5) is 5.69 Å². The Kier molecular flexibility index (Phi) is 4.20. The zero-order valence-electron chi connectivity index (χ0n) is 10.7. The molecule has 1 aromatic rings. The monoisotopic (exact) mass is 248 g/mol. The van der Waals surface area contributed by atoms with Crippen LogP contribution >= 0.6 is 0 Å². The maximum atomic E-state index is 11.9. The van der Waals surface area contributed by atoms with E-state index in [4.69, 9.17) is 0 Å². The normalized spacial score (nSPS) is 19.5. The number of rotatable bonds is 3. The van der Waals surface area contributed by atoms with Crippen molar-refractivity contribution >= 4 is 11.6 Å². The molecule has 98 valence electrons. The first-order valence-electron chi connectivity index (χ1n) is 6.45. The van der Waals surface area contributed by atoms with Crippen molar-refractivity contribution in [3.63, 3.8) is 0 Å². The molecule has 4 heteroatoms. The van der Waals surface area contributed by atoms with Crippen LogP contribution in [0.1, 0.15) is 24.8 Å². The smallest absolute Gasteiger partial charge is 0.224 e. The van der Waals surface area contributed by atoms with E-state index in [1.807, 2.05) is 13.0 Å². The van der Waals surface area contributed by atoms with Crippen LogP contribution in [0.25, 0.3) is 0 Å². The number of piperidine rings is 1. The molecule has 1 amide bonds. The maximum Gasteiger partial charge on any atom is 0.224 e.